The highest BCUT2D eigenvalue weighted by molar-refractivity contribution is 5.87. The monoisotopic (exact) mass is 356 g/mol. The second-order valence-corrected chi connectivity index (χ2v) is 7.97. The number of hydrogen-bond donors (Lipinski definition) is 1. The summed E-state index contributed by atoms with van der Waals surface area (Å²) in [4.78, 5) is 13.8. The topological polar surface area (TPSA) is 53.1 Å². The van der Waals surface area contributed by atoms with Gasteiger partial charge in [-0.1, -0.05) is 0 Å². The normalized spacial score (nSPS) is 25.0. The standard InChI is InChI=1S/C21H25NO4/c1-13-19-14(10-22(12-25-19)11-15-5-4-8-24-15)9-18-16-6-2-3-7-17(16)21(23)26-20(13)18/h9,15H,2-8,10-12H2,1H3/p+1/t15-/m0/s1. The zero-order valence-corrected chi connectivity index (χ0v) is 15.4. The Morgan fingerprint density at radius 3 is 2.85 bits per heavy atom. The summed E-state index contributed by atoms with van der Waals surface area (Å²) < 4.78 is 17.6. The molecule has 0 radical (unpaired) electrons. The van der Waals surface area contributed by atoms with Crippen LogP contribution in [-0.4, -0.2) is 26.0 Å². The Balaban J connectivity index is 1.56. The van der Waals surface area contributed by atoms with Gasteiger partial charge >= 0.3 is 5.63 Å². The van der Waals surface area contributed by atoms with Crippen molar-refractivity contribution in [1.29, 1.82) is 0 Å². The lowest BCUT2D eigenvalue weighted by Gasteiger charge is -2.29. The minimum atomic E-state index is -0.156. The van der Waals surface area contributed by atoms with Gasteiger partial charge in [-0.3, -0.25) is 4.90 Å². The zero-order chi connectivity index (χ0) is 17.7. The van der Waals surface area contributed by atoms with Gasteiger partial charge in [-0.05, 0) is 57.1 Å². The Labute approximate surface area is 152 Å². The van der Waals surface area contributed by atoms with Crippen LogP contribution in [-0.2, 0) is 24.1 Å². The van der Waals surface area contributed by atoms with Gasteiger partial charge in [0.2, 0.25) is 6.73 Å². The molecular formula is C21H26NO4+. The Morgan fingerprint density at radius 1 is 1.19 bits per heavy atom. The molecule has 1 N–H and O–H groups in total. The molecule has 3 heterocycles. The van der Waals surface area contributed by atoms with Crippen molar-refractivity contribution in [2.75, 3.05) is 19.9 Å². The average Bonchev–Trinajstić information content (AvgIpc) is 3.16. The van der Waals surface area contributed by atoms with Gasteiger partial charge in [0.1, 0.15) is 30.5 Å². The summed E-state index contributed by atoms with van der Waals surface area (Å²) in [6, 6.07) is 2.22. The van der Waals surface area contributed by atoms with Crippen molar-refractivity contribution in [2.24, 2.45) is 0 Å². The van der Waals surface area contributed by atoms with Crippen molar-refractivity contribution in [3.8, 4) is 5.75 Å². The quantitative estimate of drug-likeness (QED) is 0.835. The molecule has 2 aromatic rings. The summed E-state index contributed by atoms with van der Waals surface area (Å²) in [7, 11) is 0. The molecular weight excluding hydrogens is 330 g/mol. The van der Waals surface area contributed by atoms with Gasteiger partial charge in [-0.25, -0.2) is 4.79 Å². The van der Waals surface area contributed by atoms with E-state index in [1.807, 2.05) is 6.92 Å². The van der Waals surface area contributed by atoms with E-state index in [-0.39, 0.29) is 5.63 Å². The summed E-state index contributed by atoms with van der Waals surface area (Å²) in [5.74, 6) is 0.910. The van der Waals surface area contributed by atoms with Gasteiger partial charge in [0.15, 0.2) is 0 Å². The van der Waals surface area contributed by atoms with Gasteiger partial charge < -0.3 is 13.9 Å². The lowest BCUT2D eigenvalue weighted by atomic mass is 9.89. The predicted octanol–water partition coefficient (Wildman–Crippen LogP) is 1.89. The number of rotatable bonds is 2. The van der Waals surface area contributed by atoms with Crippen LogP contribution in [0.5, 0.6) is 5.75 Å². The van der Waals surface area contributed by atoms with Crippen LogP contribution in [0.25, 0.3) is 11.0 Å². The zero-order valence-electron chi connectivity index (χ0n) is 15.4. The maximum Gasteiger partial charge on any atom is 0.339 e. The summed E-state index contributed by atoms with van der Waals surface area (Å²) >= 11 is 0. The molecule has 0 saturated carbocycles. The van der Waals surface area contributed by atoms with Crippen LogP contribution < -0.4 is 15.3 Å². The fourth-order valence-corrected chi connectivity index (χ4v) is 4.87. The van der Waals surface area contributed by atoms with Crippen molar-refractivity contribution in [1.82, 2.24) is 0 Å². The minimum Gasteiger partial charge on any atom is -0.444 e. The summed E-state index contributed by atoms with van der Waals surface area (Å²) in [5.41, 5.74) is 4.87. The number of ether oxygens (including phenoxy) is 2. The highest BCUT2D eigenvalue weighted by atomic mass is 16.5. The molecule has 5 heteroatoms. The molecule has 1 saturated heterocycles. The van der Waals surface area contributed by atoms with Crippen molar-refractivity contribution >= 4 is 11.0 Å². The number of aryl methyl sites for hydroxylation is 2. The molecule has 1 unspecified atom stereocenters. The van der Waals surface area contributed by atoms with Crippen molar-refractivity contribution in [2.45, 2.75) is 58.1 Å². The molecule has 1 fully saturated rings. The predicted molar refractivity (Wildman–Crippen MR) is 97.9 cm³/mol. The second kappa shape index (κ2) is 6.39. The van der Waals surface area contributed by atoms with E-state index in [9.17, 15) is 4.79 Å². The first-order chi connectivity index (χ1) is 12.7. The molecule has 0 bridgehead atoms. The summed E-state index contributed by atoms with van der Waals surface area (Å²) in [6.45, 7) is 5.50. The SMILES string of the molecule is Cc1c2c(cc3c4c(c(=O)oc13)CCCC4)C[NH+](C[C@@H]1CCCO1)CO2. The molecule has 5 rings (SSSR count). The molecule has 3 aliphatic rings. The number of quaternary nitrogens is 1. The van der Waals surface area contributed by atoms with E-state index in [2.05, 4.69) is 6.07 Å². The maximum absolute atomic E-state index is 12.4. The lowest BCUT2D eigenvalue weighted by molar-refractivity contribution is -0.935. The average molecular weight is 356 g/mol. The Morgan fingerprint density at radius 2 is 2.04 bits per heavy atom. The van der Waals surface area contributed by atoms with Crippen LogP contribution in [0.15, 0.2) is 15.3 Å². The molecule has 5 nitrogen and oxygen atoms in total. The highest BCUT2D eigenvalue weighted by Gasteiger charge is 2.29. The molecule has 1 aromatic heterocycles. The molecule has 1 aromatic carbocycles. The largest absolute Gasteiger partial charge is 0.444 e. The summed E-state index contributed by atoms with van der Waals surface area (Å²) in [6.07, 6.45) is 6.74. The van der Waals surface area contributed by atoms with Crippen molar-refractivity contribution < 1.29 is 18.8 Å². The fraction of sp³-hybridized carbons (Fsp3) is 0.571. The fourth-order valence-electron chi connectivity index (χ4n) is 4.87. The number of fused-ring (bicyclic) bond motifs is 4. The van der Waals surface area contributed by atoms with E-state index in [1.54, 1.807) is 0 Å². The Kier molecular flexibility index (Phi) is 4.02. The van der Waals surface area contributed by atoms with Gasteiger partial charge in [0.25, 0.3) is 0 Å². The third-order valence-electron chi connectivity index (χ3n) is 6.17. The van der Waals surface area contributed by atoms with Crippen molar-refractivity contribution in [3.63, 3.8) is 0 Å². The molecule has 2 atom stereocenters. The van der Waals surface area contributed by atoms with Crippen molar-refractivity contribution in [3.05, 3.63) is 38.7 Å². The van der Waals surface area contributed by atoms with E-state index in [4.69, 9.17) is 13.9 Å². The van der Waals surface area contributed by atoms with Crippen LogP contribution in [0.4, 0.5) is 0 Å². The molecule has 1 aliphatic carbocycles. The first-order valence-electron chi connectivity index (χ1n) is 9.89. The number of benzene rings is 1. The molecule has 138 valence electrons. The third-order valence-corrected chi connectivity index (χ3v) is 6.17. The minimum absolute atomic E-state index is 0.156. The first kappa shape index (κ1) is 16.3. The molecule has 26 heavy (non-hydrogen) atoms. The lowest BCUT2D eigenvalue weighted by Crippen LogP contribution is -3.13. The van der Waals surface area contributed by atoms with E-state index in [1.165, 1.54) is 22.4 Å². The van der Waals surface area contributed by atoms with Crippen LogP contribution in [0, 0.1) is 6.92 Å². The van der Waals surface area contributed by atoms with Crippen LogP contribution >= 0.6 is 0 Å². The van der Waals surface area contributed by atoms with Crippen LogP contribution in [0.1, 0.15) is 47.9 Å². The van der Waals surface area contributed by atoms with E-state index < -0.39 is 0 Å². The molecule has 0 amide bonds. The van der Waals surface area contributed by atoms with Gasteiger partial charge in [0.05, 0.1) is 0 Å². The van der Waals surface area contributed by atoms with E-state index in [0.717, 1.165) is 79.6 Å². The van der Waals surface area contributed by atoms with Crippen LogP contribution in [0.3, 0.4) is 0 Å². The highest BCUT2D eigenvalue weighted by Crippen LogP contribution is 2.36. The number of nitrogens with one attached hydrogen (secondary N) is 1. The smallest absolute Gasteiger partial charge is 0.339 e. The van der Waals surface area contributed by atoms with Gasteiger partial charge in [0, 0.05) is 28.7 Å². The maximum atomic E-state index is 12.4. The molecule has 2 aliphatic heterocycles. The van der Waals surface area contributed by atoms with E-state index in [0.29, 0.717) is 12.8 Å². The van der Waals surface area contributed by atoms with Gasteiger partial charge in [-0.2, -0.15) is 0 Å². The second-order valence-electron chi connectivity index (χ2n) is 7.97. The Hall–Kier alpha value is -1.85. The Bertz CT molecular complexity index is 911. The summed E-state index contributed by atoms with van der Waals surface area (Å²) in [5, 5.41) is 1.12. The van der Waals surface area contributed by atoms with E-state index >= 15 is 0 Å². The third kappa shape index (κ3) is 2.65. The molecule has 0 spiro atoms. The van der Waals surface area contributed by atoms with Crippen LogP contribution in [0.2, 0.25) is 0 Å². The number of hydrogen-bond acceptors (Lipinski definition) is 4. The first-order valence-corrected chi connectivity index (χ1v) is 9.89. The van der Waals surface area contributed by atoms with Gasteiger partial charge in [-0.15, -0.1) is 0 Å².